The monoisotopic (exact) mass is 427 g/mol. The summed E-state index contributed by atoms with van der Waals surface area (Å²) >= 11 is 0. The van der Waals surface area contributed by atoms with Crippen LogP contribution in [0.1, 0.15) is 11.1 Å². The molecule has 2 N–H and O–H groups in total. The predicted octanol–water partition coefficient (Wildman–Crippen LogP) is 3.47. The highest BCUT2D eigenvalue weighted by Crippen LogP contribution is 2.22. The van der Waals surface area contributed by atoms with Crippen molar-refractivity contribution >= 4 is 35.2 Å². The van der Waals surface area contributed by atoms with Crippen molar-refractivity contribution in [3.63, 3.8) is 0 Å². The largest absolute Gasteiger partial charge is 0.484 e. The molecule has 32 heavy (non-hydrogen) atoms. The van der Waals surface area contributed by atoms with Gasteiger partial charge in [0.15, 0.2) is 6.61 Å². The number of aryl methyl sites for hydroxylation is 1. The Labute approximate surface area is 185 Å². The van der Waals surface area contributed by atoms with Gasteiger partial charge in [-0.05, 0) is 55.0 Å². The van der Waals surface area contributed by atoms with Gasteiger partial charge in [0.2, 0.25) is 0 Å². The van der Waals surface area contributed by atoms with Crippen LogP contribution in [0.4, 0.5) is 11.4 Å². The maximum Gasteiger partial charge on any atom is 0.282 e. The highest BCUT2D eigenvalue weighted by atomic mass is 16.5. The number of benzene rings is 3. The van der Waals surface area contributed by atoms with Gasteiger partial charge in [-0.25, -0.2) is 5.01 Å². The summed E-state index contributed by atoms with van der Waals surface area (Å²) in [6.07, 6.45) is 1.50. The van der Waals surface area contributed by atoms with E-state index in [0.717, 1.165) is 5.56 Å². The molecule has 3 aromatic carbocycles. The zero-order valence-corrected chi connectivity index (χ0v) is 17.4. The van der Waals surface area contributed by atoms with E-state index < -0.39 is 11.8 Å². The molecule has 1 saturated heterocycles. The molecule has 0 saturated carbocycles. The fraction of sp³-hybridized carbons (Fsp3) is 0.0800. The third-order valence-electron chi connectivity index (χ3n) is 4.78. The molecule has 7 heteroatoms. The minimum absolute atomic E-state index is 0.0168. The minimum atomic E-state index is -0.484. The second-order valence-corrected chi connectivity index (χ2v) is 7.25. The molecule has 0 aromatic heterocycles. The van der Waals surface area contributed by atoms with E-state index in [9.17, 15) is 14.4 Å². The average molecular weight is 427 g/mol. The Hall–Kier alpha value is -4.39. The Bertz CT molecular complexity index is 1190. The van der Waals surface area contributed by atoms with Crippen LogP contribution < -0.4 is 20.5 Å². The number of ether oxygens (including phenoxy) is 1. The summed E-state index contributed by atoms with van der Waals surface area (Å²) in [7, 11) is 0. The molecule has 1 heterocycles. The van der Waals surface area contributed by atoms with Gasteiger partial charge in [0.05, 0.1) is 5.69 Å². The SMILES string of the molecule is Cc1ccc(NC(=O)COc2cccc(C=C3C(=O)NN(c4ccccc4)C3=O)c2)cc1. The summed E-state index contributed by atoms with van der Waals surface area (Å²) in [6, 6.07) is 23.2. The Balaban J connectivity index is 1.42. The fourth-order valence-electron chi connectivity index (χ4n) is 3.16. The highest BCUT2D eigenvalue weighted by Gasteiger charge is 2.34. The lowest BCUT2D eigenvalue weighted by molar-refractivity contribution is -0.118. The Morgan fingerprint density at radius 3 is 2.50 bits per heavy atom. The molecule has 0 atom stereocenters. The lowest BCUT2D eigenvalue weighted by Crippen LogP contribution is -2.35. The molecule has 160 valence electrons. The van der Waals surface area contributed by atoms with Gasteiger partial charge in [0.25, 0.3) is 17.7 Å². The summed E-state index contributed by atoms with van der Waals surface area (Å²) in [5.74, 6) is -0.765. The molecule has 3 aromatic rings. The van der Waals surface area contributed by atoms with Crippen molar-refractivity contribution in [3.8, 4) is 5.75 Å². The predicted molar refractivity (Wildman–Crippen MR) is 122 cm³/mol. The number of para-hydroxylation sites is 1. The number of amides is 3. The van der Waals surface area contributed by atoms with Gasteiger partial charge >= 0.3 is 0 Å². The van der Waals surface area contributed by atoms with Crippen molar-refractivity contribution in [3.05, 3.63) is 95.6 Å². The van der Waals surface area contributed by atoms with E-state index in [-0.39, 0.29) is 18.1 Å². The summed E-state index contributed by atoms with van der Waals surface area (Å²) in [4.78, 5) is 37.2. The molecule has 1 aliphatic heterocycles. The van der Waals surface area contributed by atoms with Crippen molar-refractivity contribution in [1.82, 2.24) is 5.43 Å². The molecule has 0 unspecified atom stereocenters. The van der Waals surface area contributed by atoms with Gasteiger partial charge in [0.1, 0.15) is 11.3 Å². The molecule has 0 radical (unpaired) electrons. The number of nitrogens with zero attached hydrogens (tertiary/aromatic N) is 1. The van der Waals surface area contributed by atoms with Gasteiger partial charge in [-0.1, -0.05) is 48.0 Å². The third kappa shape index (κ3) is 4.84. The molecule has 1 aliphatic rings. The van der Waals surface area contributed by atoms with Crippen molar-refractivity contribution in [2.75, 3.05) is 16.9 Å². The number of nitrogens with one attached hydrogen (secondary N) is 2. The third-order valence-corrected chi connectivity index (χ3v) is 4.78. The van der Waals surface area contributed by atoms with Crippen molar-refractivity contribution in [2.24, 2.45) is 0 Å². The zero-order chi connectivity index (χ0) is 22.5. The molecular formula is C25H21N3O4. The van der Waals surface area contributed by atoms with Gasteiger partial charge < -0.3 is 10.1 Å². The smallest absolute Gasteiger partial charge is 0.282 e. The molecule has 0 spiro atoms. The topological polar surface area (TPSA) is 87.7 Å². The van der Waals surface area contributed by atoms with Crippen molar-refractivity contribution < 1.29 is 19.1 Å². The maximum absolute atomic E-state index is 12.7. The quantitative estimate of drug-likeness (QED) is 0.466. The normalized spacial score (nSPS) is 14.4. The first-order chi connectivity index (χ1) is 15.5. The van der Waals surface area contributed by atoms with E-state index in [1.54, 1.807) is 48.5 Å². The average Bonchev–Trinajstić information content (AvgIpc) is 3.08. The van der Waals surface area contributed by atoms with Crippen LogP contribution in [-0.4, -0.2) is 24.3 Å². The first-order valence-corrected chi connectivity index (χ1v) is 10.0. The number of hydrogen-bond donors (Lipinski definition) is 2. The fourth-order valence-corrected chi connectivity index (χ4v) is 3.16. The Morgan fingerprint density at radius 1 is 1.00 bits per heavy atom. The first-order valence-electron chi connectivity index (χ1n) is 10.0. The van der Waals surface area contributed by atoms with E-state index in [1.165, 1.54) is 11.1 Å². The van der Waals surface area contributed by atoms with Crippen LogP contribution in [-0.2, 0) is 14.4 Å². The summed E-state index contributed by atoms with van der Waals surface area (Å²) in [5, 5.41) is 3.98. The van der Waals surface area contributed by atoms with Crippen LogP contribution in [0.15, 0.2) is 84.4 Å². The number of hydrogen-bond acceptors (Lipinski definition) is 4. The van der Waals surface area contributed by atoms with Crippen molar-refractivity contribution in [2.45, 2.75) is 6.92 Å². The maximum atomic E-state index is 12.7. The van der Waals surface area contributed by atoms with Gasteiger partial charge in [-0.15, -0.1) is 0 Å². The Kier molecular flexibility index (Phi) is 5.98. The second kappa shape index (κ2) is 9.18. The molecule has 4 rings (SSSR count). The van der Waals surface area contributed by atoms with E-state index in [1.807, 2.05) is 37.3 Å². The molecule has 7 nitrogen and oxygen atoms in total. The van der Waals surface area contributed by atoms with E-state index in [2.05, 4.69) is 10.7 Å². The lowest BCUT2D eigenvalue weighted by Gasteiger charge is -2.13. The summed E-state index contributed by atoms with van der Waals surface area (Å²) in [6.45, 7) is 1.80. The van der Waals surface area contributed by atoms with Crippen LogP contribution >= 0.6 is 0 Å². The number of hydrazine groups is 1. The highest BCUT2D eigenvalue weighted by molar-refractivity contribution is 6.31. The lowest BCUT2D eigenvalue weighted by atomic mass is 10.1. The molecule has 0 aliphatic carbocycles. The van der Waals surface area contributed by atoms with Gasteiger partial charge in [0, 0.05) is 5.69 Å². The van der Waals surface area contributed by atoms with Crippen LogP contribution in [0.5, 0.6) is 5.75 Å². The standard InChI is InChI=1S/C25H21N3O4/c1-17-10-12-19(13-11-17)26-23(29)16-32-21-9-5-6-18(14-21)15-22-24(30)27-28(25(22)31)20-7-3-2-4-8-20/h2-15H,16H2,1H3,(H,26,29)(H,27,30). The van der Waals surface area contributed by atoms with Crippen LogP contribution in [0.3, 0.4) is 0 Å². The van der Waals surface area contributed by atoms with Gasteiger partial charge in [-0.2, -0.15) is 0 Å². The number of carbonyl (C=O) groups excluding carboxylic acids is 3. The number of rotatable bonds is 6. The van der Waals surface area contributed by atoms with E-state index >= 15 is 0 Å². The first kappa shape index (κ1) is 20.9. The zero-order valence-electron chi connectivity index (χ0n) is 17.4. The minimum Gasteiger partial charge on any atom is -0.484 e. The molecule has 3 amide bonds. The van der Waals surface area contributed by atoms with Crippen molar-refractivity contribution in [1.29, 1.82) is 0 Å². The number of anilines is 2. The van der Waals surface area contributed by atoms with Crippen LogP contribution in [0, 0.1) is 6.92 Å². The van der Waals surface area contributed by atoms with E-state index in [0.29, 0.717) is 22.7 Å². The molecule has 0 bridgehead atoms. The summed E-state index contributed by atoms with van der Waals surface area (Å²) in [5.41, 5.74) is 5.56. The van der Waals surface area contributed by atoms with Gasteiger partial charge in [-0.3, -0.25) is 19.8 Å². The Morgan fingerprint density at radius 2 is 1.75 bits per heavy atom. The second-order valence-electron chi connectivity index (χ2n) is 7.25. The van der Waals surface area contributed by atoms with E-state index in [4.69, 9.17) is 4.74 Å². The molecular weight excluding hydrogens is 406 g/mol. The molecule has 1 fully saturated rings. The van der Waals surface area contributed by atoms with Crippen LogP contribution in [0.2, 0.25) is 0 Å². The van der Waals surface area contributed by atoms with Crippen LogP contribution in [0.25, 0.3) is 6.08 Å². The number of carbonyl (C=O) groups is 3. The summed E-state index contributed by atoms with van der Waals surface area (Å²) < 4.78 is 5.58.